The van der Waals surface area contributed by atoms with Crippen LogP contribution < -0.4 is 5.32 Å². The molecule has 4 heteroatoms. The molecule has 0 fully saturated rings. The zero-order chi connectivity index (χ0) is 12.1. The Morgan fingerprint density at radius 2 is 2.00 bits per heavy atom. The van der Waals surface area contributed by atoms with E-state index in [0.29, 0.717) is 5.92 Å². The molecule has 2 N–H and O–H groups in total. The van der Waals surface area contributed by atoms with Crippen LogP contribution in [0, 0.1) is 5.92 Å². The molecule has 0 radical (unpaired) electrons. The summed E-state index contributed by atoms with van der Waals surface area (Å²) in [6.45, 7) is 6.09. The summed E-state index contributed by atoms with van der Waals surface area (Å²) in [5.41, 5.74) is 1.04. The zero-order valence-electron chi connectivity index (χ0n) is 10.3. The zero-order valence-corrected chi connectivity index (χ0v) is 10.3. The lowest BCUT2D eigenvalue weighted by molar-refractivity contribution is 0.543. The Hall–Kier alpha value is -1.68. The highest BCUT2D eigenvalue weighted by atomic mass is 15.2. The molecule has 2 rings (SSSR count). The van der Waals surface area contributed by atoms with Crippen molar-refractivity contribution in [2.75, 3.05) is 6.54 Å². The van der Waals surface area contributed by atoms with Crippen LogP contribution in [-0.4, -0.2) is 21.7 Å². The van der Waals surface area contributed by atoms with Crippen LogP contribution in [0.15, 0.2) is 30.3 Å². The lowest BCUT2D eigenvalue weighted by Crippen LogP contribution is -2.19. The number of benzene rings is 1. The van der Waals surface area contributed by atoms with Gasteiger partial charge in [-0.1, -0.05) is 44.2 Å². The molecule has 0 amide bonds. The summed E-state index contributed by atoms with van der Waals surface area (Å²) in [5.74, 6) is 2.28. The van der Waals surface area contributed by atoms with Gasteiger partial charge in [0.1, 0.15) is 5.82 Å². The van der Waals surface area contributed by atoms with E-state index < -0.39 is 0 Å². The average Bonchev–Trinajstić information content (AvgIpc) is 2.78. The molecule has 1 aromatic heterocycles. The van der Waals surface area contributed by atoms with Gasteiger partial charge in [-0.3, -0.25) is 5.10 Å². The Balaban J connectivity index is 1.97. The van der Waals surface area contributed by atoms with E-state index in [1.165, 1.54) is 0 Å². The maximum Gasteiger partial charge on any atom is 0.181 e. The van der Waals surface area contributed by atoms with E-state index in [4.69, 9.17) is 0 Å². The summed E-state index contributed by atoms with van der Waals surface area (Å²) in [7, 11) is 0. The lowest BCUT2D eigenvalue weighted by Gasteiger charge is -2.04. The van der Waals surface area contributed by atoms with Crippen LogP contribution in [0.25, 0.3) is 11.4 Å². The first-order valence-electron chi connectivity index (χ1n) is 5.93. The van der Waals surface area contributed by atoms with Crippen LogP contribution in [-0.2, 0) is 6.54 Å². The predicted molar refractivity (Wildman–Crippen MR) is 68.4 cm³/mol. The number of nitrogens with zero attached hydrogens (tertiary/aromatic N) is 2. The van der Waals surface area contributed by atoms with Gasteiger partial charge >= 0.3 is 0 Å². The fraction of sp³-hybridized carbons (Fsp3) is 0.385. The molecule has 0 aliphatic carbocycles. The number of nitrogens with one attached hydrogen (secondary N) is 2. The first kappa shape index (κ1) is 11.8. The van der Waals surface area contributed by atoms with Gasteiger partial charge in [-0.15, -0.1) is 0 Å². The summed E-state index contributed by atoms with van der Waals surface area (Å²) >= 11 is 0. The Bertz CT molecular complexity index is 447. The number of aromatic amines is 1. The van der Waals surface area contributed by atoms with Crippen LogP contribution in [0.1, 0.15) is 19.7 Å². The summed E-state index contributed by atoms with van der Waals surface area (Å²) in [5, 5.41) is 10.5. The SMILES string of the molecule is CC(C)CNCc1nc(-c2ccccc2)n[nH]1. The number of rotatable bonds is 5. The smallest absolute Gasteiger partial charge is 0.181 e. The molecule has 0 aliphatic heterocycles. The van der Waals surface area contributed by atoms with E-state index in [1.54, 1.807) is 0 Å². The van der Waals surface area contributed by atoms with Gasteiger partial charge in [0.25, 0.3) is 0 Å². The molecule has 0 aliphatic rings. The van der Waals surface area contributed by atoms with Crippen LogP contribution in [0.4, 0.5) is 0 Å². The van der Waals surface area contributed by atoms with Crippen LogP contribution >= 0.6 is 0 Å². The molecule has 2 aromatic rings. The van der Waals surface area contributed by atoms with Gasteiger partial charge in [0.05, 0.1) is 6.54 Å². The molecular weight excluding hydrogens is 212 g/mol. The van der Waals surface area contributed by atoms with Crippen molar-refractivity contribution >= 4 is 0 Å². The quantitative estimate of drug-likeness (QED) is 0.828. The van der Waals surface area contributed by atoms with E-state index in [1.807, 2.05) is 30.3 Å². The van der Waals surface area contributed by atoms with Crippen molar-refractivity contribution in [2.24, 2.45) is 5.92 Å². The fourth-order valence-corrected chi connectivity index (χ4v) is 1.57. The number of hydrogen-bond acceptors (Lipinski definition) is 3. The highest BCUT2D eigenvalue weighted by molar-refractivity contribution is 5.53. The van der Waals surface area contributed by atoms with Crippen molar-refractivity contribution in [3.05, 3.63) is 36.2 Å². The minimum absolute atomic E-state index is 0.645. The highest BCUT2D eigenvalue weighted by Crippen LogP contribution is 2.12. The third-order valence-corrected chi connectivity index (χ3v) is 2.41. The number of H-pyrrole nitrogens is 1. The Labute approximate surface area is 101 Å². The first-order chi connectivity index (χ1) is 8.25. The molecule has 0 saturated carbocycles. The van der Waals surface area contributed by atoms with Gasteiger partial charge in [-0.25, -0.2) is 4.98 Å². The third-order valence-electron chi connectivity index (χ3n) is 2.41. The van der Waals surface area contributed by atoms with Crippen molar-refractivity contribution in [1.82, 2.24) is 20.5 Å². The van der Waals surface area contributed by atoms with Gasteiger partial charge in [0, 0.05) is 5.56 Å². The van der Waals surface area contributed by atoms with Crippen LogP contribution in [0.2, 0.25) is 0 Å². The summed E-state index contributed by atoms with van der Waals surface area (Å²) in [4.78, 5) is 4.45. The molecule has 0 atom stereocenters. The van der Waals surface area contributed by atoms with E-state index in [0.717, 1.165) is 30.3 Å². The second-order valence-corrected chi connectivity index (χ2v) is 4.50. The second-order valence-electron chi connectivity index (χ2n) is 4.50. The van der Waals surface area contributed by atoms with E-state index in [9.17, 15) is 0 Å². The highest BCUT2D eigenvalue weighted by Gasteiger charge is 2.04. The van der Waals surface area contributed by atoms with Crippen molar-refractivity contribution in [3.8, 4) is 11.4 Å². The Morgan fingerprint density at radius 3 is 2.71 bits per heavy atom. The monoisotopic (exact) mass is 230 g/mol. The Kier molecular flexibility index (Phi) is 3.88. The maximum atomic E-state index is 4.45. The van der Waals surface area contributed by atoms with E-state index in [2.05, 4.69) is 34.3 Å². The molecule has 4 nitrogen and oxygen atoms in total. The molecule has 1 heterocycles. The summed E-state index contributed by atoms with van der Waals surface area (Å²) in [6.07, 6.45) is 0. The fourth-order valence-electron chi connectivity index (χ4n) is 1.57. The normalized spacial score (nSPS) is 11.0. The molecule has 90 valence electrons. The van der Waals surface area contributed by atoms with Gasteiger partial charge in [0.2, 0.25) is 0 Å². The largest absolute Gasteiger partial charge is 0.310 e. The van der Waals surface area contributed by atoms with Gasteiger partial charge in [-0.05, 0) is 12.5 Å². The minimum atomic E-state index is 0.645. The molecule has 17 heavy (non-hydrogen) atoms. The molecule has 1 aromatic carbocycles. The van der Waals surface area contributed by atoms with Gasteiger partial charge in [0.15, 0.2) is 5.82 Å². The van der Waals surface area contributed by atoms with E-state index >= 15 is 0 Å². The van der Waals surface area contributed by atoms with Gasteiger partial charge < -0.3 is 5.32 Å². The molecule has 0 unspecified atom stereocenters. The van der Waals surface area contributed by atoms with Gasteiger partial charge in [-0.2, -0.15) is 5.10 Å². The second kappa shape index (κ2) is 5.59. The average molecular weight is 230 g/mol. The number of hydrogen-bond donors (Lipinski definition) is 2. The molecule has 0 bridgehead atoms. The van der Waals surface area contributed by atoms with Crippen molar-refractivity contribution in [3.63, 3.8) is 0 Å². The molecular formula is C13H18N4. The summed E-state index contributed by atoms with van der Waals surface area (Å²) < 4.78 is 0. The molecule has 0 spiro atoms. The topological polar surface area (TPSA) is 53.6 Å². The van der Waals surface area contributed by atoms with Crippen LogP contribution in [0.5, 0.6) is 0 Å². The van der Waals surface area contributed by atoms with Crippen LogP contribution in [0.3, 0.4) is 0 Å². The Morgan fingerprint density at radius 1 is 1.24 bits per heavy atom. The molecule has 0 saturated heterocycles. The first-order valence-corrected chi connectivity index (χ1v) is 5.93. The third kappa shape index (κ3) is 3.39. The standard InChI is InChI=1S/C13H18N4/c1-10(2)8-14-9-12-15-13(17-16-12)11-6-4-3-5-7-11/h3-7,10,14H,8-9H2,1-2H3,(H,15,16,17). The predicted octanol–water partition coefficient (Wildman–Crippen LogP) is 2.22. The van der Waals surface area contributed by atoms with E-state index in [-0.39, 0.29) is 0 Å². The van der Waals surface area contributed by atoms with Crippen molar-refractivity contribution in [2.45, 2.75) is 20.4 Å². The lowest BCUT2D eigenvalue weighted by atomic mass is 10.2. The summed E-state index contributed by atoms with van der Waals surface area (Å²) in [6, 6.07) is 9.98. The van der Waals surface area contributed by atoms with Crippen molar-refractivity contribution in [1.29, 1.82) is 0 Å². The van der Waals surface area contributed by atoms with Crippen molar-refractivity contribution < 1.29 is 0 Å². The maximum absolute atomic E-state index is 4.45. The number of aromatic nitrogens is 3. The minimum Gasteiger partial charge on any atom is -0.310 e.